The lowest BCUT2D eigenvalue weighted by molar-refractivity contribution is -0.126. The summed E-state index contributed by atoms with van der Waals surface area (Å²) in [6.07, 6.45) is 2.99. The molecule has 5 heteroatoms. The largest absolute Gasteiger partial charge is 0.356 e. The molecule has 0 saturated carbocycles. The number of nitrogens with one attached hydrogen (secondary N) is 1. The normalized spacial score (nSPS) is 17.4. The Bertz CT molecular complexity index is 591. The summed E-state index contributed by atoms with van der Waals surface area (Å²) in [7, 11) is 4.04. The molecule has 2 rings (SSSR count). The van der Waals surface area contributed by atoms with Crippen LogP contribution in [-0.2, 0) is 22.4 Å². The van der Waals surface area contributed by atoms with Crippen LogP contribution in [-0.4, -0.2) is 50.4 Å². The fourth-order valence-electron chi connectivity index (χ4n) is 3.41. The van der Waals surface area contributed by atoms with Crippen molar-refractivity contribution in [2.24, 2.45) is 5.92 Å². The molecule has 1 aliphatic heterocycles. The summed E-state index contributed by atoms with van der Waals surface area (Å²) >= 11 is 0. The number of aryl methyl sites for hydroxylation is 2. The summed E-state index contributed by atoms with van der Waals surface area (Å²) in [5.41, 5.74) is 3.39. The number of carbonyl (C=O) groups is 2. The van der Waals surface area contributed by atoms with Crippen molar-refractivity contribution in [1.29, 1.82) is 0 Å². The molecule has 1 aromatic carbocycles. The Labute approximate surface area is 151 Å². The third-order valence-corrected chi connectivity index (χ3v) is 4.81. The molecule has 2 amide bonds. The van der Waals surface area contributed by atoms with E-state index in [1.54, 1.807) is 0 Å². The van der Waals surface area contributed by atoms with Gasteiger partial charge >= 0.3 is 0 Å². The van der Waals surface area contributed by atoms with Gasteiger partial charge in [-0.3, -0.25) is 9.59 Å². The molecule has 1 fully saturated rings. The fraction of sp³-hybridized carbons (Fsp3) is 0.600. The van der Waals surface area contributed by atoms with Crippen LogP contribution < -0.4 is 10.2 Å². The molecular formula is C20H31N3O2. The minimum absolute atomic E-state index is 0.00151. The average molecular weight is 345 g/mol. The molecular weight excluding hydrogens is 314 g/mol. The average Bonchev–Trinajstić information content (AvgIpc) is 2.99. The highest BCUT2D eigenvalue weighted by atomic mass is 16.2. The molecule has 1 aliphatic rings. The predicted octanol–water partition coefficient (Wildman–Crippen LogP) is 2.23. The number of amides is 2. The van der Waals surface area contributed by atoms with E-state index in [4.69, 9.17) is 0 Å². The third-order valence-electron chi connectivity index (χ3n) is 4.81. The van der Waals surface area contributed by atoms with E-state index in [0.29, 0.717) is 19.5 Å². The van der Waals surface area contributed by atoms with Gasteiger partial charge in [0.2, 0.25) is 11.8 Å². The molecule has 1 atom stereocenters. The molecule has 1 saturated heterocycles. The Balaban J connectivity index is 2.04. The minimum atomic E-state index is -0.249. The molecule has 0 radical (unpaired) electrons. The Morgan fingerprint density at radius 1 is 1.24 bits per heavy atom. The Kier molecular flexibility index (Phi) is 7.00. The molecule has 138 valence electrons. The first-order valence-electron chi connectivity index (χ1n) is 9.31. The van der Waals surface area contributed by atoms with Gasteiger partial charge in [0, 0.05) is 25.2 Å². The van der Waals surface area contributed by atoms with Crippen molar-refractivity contribution in [1.82, 2.24) is 10.2 Å². The Hall–Kier alpha value is -1.88. The number of hydrogen-bond acceptors (Lipinski definition) is 3. The number of benzene rings is 1. The monoisotopic (exact) mass is 345 g/mol. The van der Waals surface area contributed by atoms with Crippen molar-refractivity contribution in [3.05, 3.63) is 29.3 Å². The SMILES string of the molecule is CCc1cccc(CC)c1N1CC(C(=O)NCCCN(C)C)CC1=O. The van der Waals surface area contributed by atoms with Gasteiger partial charge in [0.25, 0.3) is 0 Å². The van der Waals surface area contributed by atoms with Gasteiger partial charge in [-0.1, -0.05) is 32.0 Å². The maximum atomic E-state index is 12.6. The van der Waals surface area contributed by atoms with Crippen LogP contribution in [0.2, 0.25) is 0 Å². The van der Waals surface area contributed by atoms with E-state index in [1.807, 2.05) is 19.0 Å². The zero-order chi connectivity index (χ0) is 18.4. The summed E-state index contributed by atoms with van der Waals surface area (Å²) in [5.74, 6) is -0.188. The van der Waals surface area contributed by atoms with Crippen molar-refractivity contribution in [2.45, 2.75) is 39.5 Å². The molecule has 1 N–H and O–H groups in total. The molecule has 0 spiro atoms. The van der Waals surface area contributed by atoms with E-state index >= 15 is 0 Å². The number of hydrogen-bond donors (Lipinski definition) is 1. The van der Waals surface area contributed by atoms with E-state index in [1.165, 1.54) is 11.1 Å². The fourth-order valence-corrected chi connectivity index (χ4v) is 3.41. The second kappa shape index (κ2) is 8.99. The van der Waals surface area contributed by atoms with Crippen LogP contribution in [0.1, 0.15) is 37.8 Å². The van der Waals surface area contributed by atoms with Crippen molar-refractivity contribution in [3.63, 3.8) is 0 Å². The lowest BCUT2D eigenvalue weighted by atomic mass is 10.0. The quantitative estimate of drug-likeness (QED) is 0.735. The van der Waals surface area contributed by atoms with Crippen LogP contribution in [0, 0.1) is 5.92 Å². The Morgan fingerprint density at radius 3 is 2.44 bits per heavy atom. The minimum Gasteiger partial charge on any atom is -0.356 e. The highest BCUT2D eigenvalue weighted by molar-refractivity contribution is 6.01. The number of para-hydroxylation sites is 1. The lowest BCUT2D eigenvalue weighted by Gasteiger charge is -2.23. The molecule has 0 bridgehead atoms. The maximum absolute atomic E-state index is 12.6. The molecule has 1 heterocycles. The predicted molar refractivity (Wildman–Crippen MR) is 102 cm³/mol. The van der Waals surface area contributed by atoms with Gasteiger partial charge < -0.3 is 15.1 Å². The van der Waals surface area contributed by atoms with E-state index in [9.17, 15) is 9.59 Å². The molecule has 1 unspecified atom stereocenters. The van der Waals surface area contributed by atoms with E-state index in [2.05, 4.69) is 42.3 Å². The zero-order valence-electron chi connectivity index (χ0n) is 16.0. The van der Waals surface area contributed by atoms with Crippen LogP contribution in [0.25, 0.3) is 0 Å². The second-order valence-corrected chi connectivity index (χ2v) is 6.99. The maximum Gasteiger partial charge on any atom is 0.227 e. The summed E-state index contributed by atoms with van der Waals surface area (Å²) in [4.78, 5) is 28.9. The molecule has 1 aromatic rings. The van der Waals surface area contributed by atoms with Gasteiger partial charge in [-0.2, -0.15) is 0 Å². The van der Waals surface area contributed by atoms with Gasteiger partial charge in [-0.25, -0.2) is 0 Å². The number of rotatable bonds is 8. The van der Waals surface area contributed by atoms with E-state index in [0.717, 1.165) is 31.5 Å². The van der Waals surface area contributed by atoms with Crippen LogP contribution in [0.15, 0.2) is 18.2 Å². The third kappa shape index (κ3) is 4.82. The highest BCUT2D eigenvalue weighted by Crippen LogP contribution is 2.32. The van der Waals surface area contributed by atoms with Crippen LogP contribution >= 0.6 is 0 Å². The summed E-state index contributed by atoms with van der Waals surface area (Å²) < 4.78 is 0. The molecule has 0 aliphatic carbocycles. The number of anilines is 1. The highest BCUT2D eigenvalue weighted by Gasteiger charge is 2.36. The number of nitrogens with zero attached hydrogens (tertiary/aromatic N) is 2. The first kappa shape index (κ1) is 19.4. The first-order chi connectivity index (χ1) is 12.0. The molecule has 0 aromatic heterocycles. The van der Waals surface area contributed by atoms with Gasteiger partial charge in [0.05, 0.1) is 5.92 Å². The van der Waals surface area contributed by atoms with Gasteiger partial charge in [-0.15, -0.1) is 0 Å². The summed E-state index contributed by atoms with van der Waals surface area (Å²) in [6, 6.07) is 6.21. The standard InChI is InChI=1S/C20H31N3O2/c1-5-15-9-7-10-16(6-2)19(15)23-14-17(13-18(23)24)20(25)21-11-8-12-22(3)4/h7,9-10,17H,5-6,8,11-14H2,1-4H3,(H,21,25). The van der Waals surface area contributed by atoms with Crippen molar-refractivity contribution in [2.75, 3.05) is 38.6 Å². The lowest BCUT2D eigenvalue weighted by Crippen LogP contribution is -2.34. The Morgan fingerprint density at radius 2 is 1.88 bits per heavy atom. The van der Waals surface area contributed by atoms with E-state index < -0.39 is 0 Å². The first-order valence-corrected chi connectivity index (χ1v) is 9.31. The van der Waals surface area contributed by atoms with Crippen LogP contribution in [0.5, 0.6) is 0 Å². The van der Waals surface area contributed by atoms with Gasteiger partial charge in [0.1, 0.15) is 0 Å². The summed E-state index contributed by atoms with van der Waals surface area (Å²) in [6.45, 7) is 6.30. The van der Waals surface area contributed by atoms with Gasteiger partial charge in [0.15, 0.2) is 0 Å². The zero-order valence-corrected chi connectivity index (χ0v) is 16.0. The second-order valence-electron chi connectivity index (χ2n) is 6.99. The van der Waals surface area contributed by atoms with Gasteiger partial charge in [-0.05, 0) is 51.0 Å². The number of carbonyl (C=O) groups excluding carboxylic acids is 2. The van der Waals surface area contributed by atoms with Crippen molar-refractivity contribution in [3.8, 4) is 0 Å². The van der Waals surface area contributed by atoms with Crippen molar-refractivity contribution < 1.29 is 9.59 Å². The van der Waals surface area contributed by atoms with Crippen LogP contribution in [0.3, 0.4) is 0 Å². The topological polar surface area (TPSA) is 52.7 Å². The molecule has 25 heavy (non-hydrogen) atoms. The molecule has 5 nitrogen and oxygen atoms in total. The summed E-state index contributed by atoms with van der Waals surface area (Å²) in [5, 5.41) is 2.99. The van der Waals surface area contributed by atoms with Crippen molar-refractivity contribution >= 4 is 17.5 Å². The van der Waals surface area contributed by atoms with E-state index in [-0.39, 0.29) is 17.7 Å². The van der Waals surface area contributed by atoms with Crippen LogP contribution in [0.4, 0.5) is 5.69 Å². The smallest absolute Gasteiger partial charge is 0.227 e.